The van der Waals surface area contributed by atoms with Crippen molar-refractivity contribution >= 4 is 17.6 Å². The number of methoxy groups -OCH3 is 1. The van der Waals surface area contributed by atoms with Crippen LogP contribution in [-0.4, -0.2) is 24.5 Å². The van der Waals surface area contributed by atoms with Crippen LogP contribution >= 0.6 is 0 Å². The number of rotatable bonds is 5. The van der Waals surface area contributed by atoms with Crippen molar-refractivity contribution in [1.82, 2.24) is 0 Å². The number of para-hydroxylation sites is 1. The molecule has 0 spiro atoms. The second kappa shape index (κ2) is 8.98. The molecule has 1 unspecified atom stereocenters. The summed E-state index contributed by atoms with van der Waals surface area (Å²) in [6.45, 7) is 8.23. The Bertz CT molecular complexity index is 1210. The zero-order valence-corrected chi connectivity index (χ0v) is 20.4. The summed E-state index contributed by atoms with van der Waals surface area (Å²) in [5, 5.41) is 0. The fourth-order valence-corrected chi connectivity index (χ4v) is 4.54. The summed E-state index contributed by atoms with van der Waals surface area (Å²) in [5.41, 5.74) is 2.74. The number of nitrogens with zero attached hydrogens (tertiary/aromatic N) is 1. The van der Waals surface area contributed by atoms with Gasteiger partial charge >= 0.3 is 5.97 Å². The third-order valence-electron chi connectivity index (χ3n) is 6.37. The molecule has 3 aromatic carbocycles. The van der Waals surface area contributed by atoms with Gasteiger partial charge in [0.1, 0.15) is 17.9 Å². The van der Waals surface area contributed by atoms with Gasteiger partial charge in [-0.05, 0) is 47.2 Å². The topological polar surface area (TPSA) is 55.8 Å². The first-order valence-corrected chi connectivity index (χ1v) is 11.5. The van der Waals surface area contributed by atoms with Gasteiger partial charge in [0.2, 0.25) is 0 Å². The Kier molecular flexibility index (Phi) is 6.22. The average Bonchev–Trinajstić information content (AvgIpc) is 3.14. The molecule has 0 aliphatic carbocycles. The minimum absolute atomic E-state index is 0.136. The molecule has 0 aromatic heterocycles. The van der Waals surface area contributed by atoms with Gasteiger partial charge in [0, 0.05) is 17.7 Å². The van der Waals surface area contributed by atoms with E-state index in [1.165, 1.54) is 0 Å². The number of carbonyl (C=O) groups is 2. The molecule has 0 radical (unpaired) electrons. The molecule has 1 aliphatic rings. The molecule has 0 fully saturated rings. The number of fused-ring (bicyclic) bond motifs is 1. The van der Waals surface area contributed by atoms with E-state index in [0.717, 1.165) is 22.4 Å². The third-order valence-corrected chi connectivity index (χ3v) is 6.37. The van der Waals surface area contributed by atoms with Crippen molar-refractivity contribution in [3.63, 3.8) is 0 Å². The summed E-state index contributed by atoms with van der Waals surface area (Å²) in [5.74, 6) is -0.0405. The number of esters is 1. The van der Waals surface area contributed by atoms with Gasteiger partial charge in [-0.2, -0.15) is 0 Å². The van der Waals surface area contributed by atoms with Crippen LogP contribution in [0.5, 0.6) is 5.75 Å². The lowest BCUT2D eigenvalue weighted by atomic mass is 9.85. The van der Waals surface area contributed by atoms with Gasteiger partial charge in [-0.25, -0.2) is 4.79 Å². The predicted octanol–water partition coefficient (Wildman–Crippen LogP) is 5.70. The monoisotopic (exact) mass is 457 g/mol. The molecule has 1 aliphatic heterocycles. The van der Waals surface area contributed by atoms with Gasteiger partial charge in [0.15, 0.2) is 0 Å². The molecule has 1 heterocycles. The summed E-state index contributed by atoms with van der Waals surface area (Å²) in [6, 6.07) is 22.7. The molecule has 0 N–H and O–H groups in total. The summed E-state index contributed by atoms with van der Waals surface area (Å²) < 4.78 is 11.3. The highest BCUT2D eigenvalue weighted by Gasteiger charge is 2.50. The Morgan fingerprint density at radius 1 is 0.971 bits per heavy atom. The second-order valence-corrected chi connectivity index (χ2v) is 9.95. The zero-order valence-electron chi connectivity index (χ0n) is 20.4. The van der Waals surface area contributed by atoms with E-state index in [1.54, 1.807) is 25.0 Å². The highest BCUT2D eigenvalue weighted by atomic mass is 16.5. The van der Waals surface area contributed by atoms with Gasteiger partial charge in [-0.15, -0.1) is 0 Å². The molecular weight excluding hydrogens is 426 g/mol. The average molecular weight is 458 g/mol. The maximum Gasteiger partial charge on any atom is 0.332 e. The SMILES string of the molecule is COc1cc(C(=O)N2c3ccccc3CC2(C)C(=O)OCc2ccccc2)ccc1C(C)(C)C. The van der Waals surface area contributed by atoms with Crippen LogP contribution in [0.15, 0.2) is 72.8 Å². The van der Waals surface area contributed by atoms with E-state index in [2.05, 4.69) is 20.8 Å². The van der Waals surface area contributed by atoms with Crippen molar-refractivity contribution in [3.05, 3.63) is 95.1 Å². The fraction of sp³-hybridized carbons (Fsp3) is 0.310. The van der Waals surface area contributed by atoms with Gasteiger partial charge in [-0.3, -0.25) is 9.69 Å². The maximum absolute atomic E-state index is 13.9. The molecule has 176 valence electrons. The van der Waals surface area contributed by atoms with E-state index >= 15 is 0 Å². The van der Waals surface area contributed by atoms with Crippen LogP contribution < -0.4 is 9.64 Å². The third kappa shape index (κ3) is 4.30. The summed E-state index contributed by atoms with van der Waals surface area (Å²) in [6.07, 6.45) is 0.389. The summed E-state index contributed by atoms with van der Waals surface area (Å²) in [7, 11) is 1.61. The second-order valence-electron chi connectivity index (χ2n) is 9.95. The number of carbonyl (C=O) groups excluding carboxylic acids is 2. The van der Waals surface area contributed by atoms with Crippen LogP contribution in [0, 0.1) is 0 Å². The molecule has 3 aromatic rings. The van der Waals surface area contributed by atoms with E-state index in [-0.39, 0.29) is 17.9 Å². The first-order valence-electron chi connectivity index (χ1n) is 11.5. The van der Waals surface area contributed by atoms with Crippen LogP contribution in [0.3, 0.4) is 0 Å². The molecule has 4 rings (SSSR count). The van der Waals surface area contributed by atoms with Crippen molar-refractivity contribution in [3.8, 4) is 5.75 Å². The maximum atomic E-state index is 13.9. The van der Waals surface area contributed by atoms with Gasteiger partial charge in [0.05, 0.1) is 7.11 Å². The smallest absolute Gasteiger partial charge is 0.332 e. The number of hydrogen-bond acceptors (Lipinski definition) is 4. The lowest BCUT2D eigenvalue weighted by Crippen LogP contribution is -2.54. The Hall–Kier alpha value is -3.60. The molecule has 1 atom stereocenters. The van der Waals surface area contributed by atoms with Crippen molar-refractivity contribution in [2.45, 2.75) is 51.7 Å². The standard InChI is InChI=1S/C29H31NO4/c1-28(2,3)23-16-15-21(17-25(23)33-5)26(31)30-24-14-10-9-13-22(24)18-29(30,4)27(32)34-19-20-11-7-6-8-12-20/h6-17H,18-19H2,1-5H3. The normalized spacial score (nSPS) is 17.3. The minimum atomic E-state index is -1.16. The number of benzene rings is 3. The summed E-state index contributed by atoms with van der Waals surface area (Å²) >= 11 is 0. The first-order chi connectivity index (χ1) is 16.1. The van der Waals surface area contributed by atoms with Crippen LogP contribution in [0.2, 0.25) is 0 Å². The minimum Gasteiger partial charge on any atom is -0.496 e. The quantitative estimate of drug-likeness (QED) is 0.461. The fourth-order valence-electron chi connectivity index (χ4n) is 4.54. The van der Waals surface area contributed by atoms with Crippen molar-refractivity contribution in [1.29, 1.82) is 0 Å². The molecule has 5 heteroatoms. The molecule has 5 nitrogen and oxygen atoms in total. The molecular formula is C29H31NO4. The number of hydrogen-bond donors (Lipinski definition) is 0. The number of ether oxygens (including phenoxy) is 2. The Morgan fingerprint density at radius 3 is 2.32 bits per heavy atom. The molecule has 34 heavy (non-hydrogen) atoms. The highest BCUT2D eigenvalue weighted by molar-refractivity contribution is 6.12. The number of anilines is 1. The van der Waals surface area contributed by atoms with E-state index in [9.17, 15) is 9.59 Å². The zero-order chi connectivity index (χ0) is 24.5. The Morgan fingerprint density at radius 2 is 1.65 bits per heavy atom. The molecule has 0 saturated carbocycles. The van der Waals surface area contributed by atoms with E-state index in [4.69, 9.17) is 9.47 Å². The van der Waals surface area contributed by atoms with Gasteiger partial charge in [0.25, 0.3) is 5.91 Å². The largest absolute Gasteiger partial charge is 0.496 e. The van der Waals surface area contributed by atoms with Crippen molar-refractivity contribution in [2.75, 3.05) is 12.0 Å². The molecule has 0 saturated heterocycles. The van der Waals surface area contributed by atoms with Crippen LogP contribution in [0.25, 0.3) is 0 Å². The highest BCUT2D eigenvalue weighted by Crippen LogP contribution is 2.41. The Balaban J connectivity index is 1.69. The van der Waals surface area contributed by atoms with Crippen LogP contribution in [0.1, 0.15) is 54.7 Å². The molecule has 1 amide bonds. The number of amides is 1. The van der Waals surface area contributed by atoms with E-state index in [1.807, 2.05) is 66.7 Å². The van der Waals surface area contributed by atoms with Crippen LogP contribution in [-0.2, 0) is 28.0 Å². The summed E-state index contributed by atoms with van der Waals surface area (Å²) in [4.78, 5) is 28.9. The van der Waals surface area contributed by atoms with Crippen molar-refractivity contribution < 1.29 is 19.1 Å². The Labute approximate surface area is 201 Å². The van der Waals surface area contributed by atoms with E-state index < -0.39 is 11.5 Å². The van der Waals surface area contributed by atoms with Crippen LogP contribution in [0.4, 0.5) is 5.69 Å². The predicted molar refractivity (Wildman–Crippen MR) is 133 cm³/mol. The lowest BCUT2D eigenvalue weighted by Gasteiger charge is -2.34. The van der Waals surface area contributed by atoms with Gasteiger partial charge in [-0.1, -0.05) is 75.4 Å². The lowest BCUT2D eigenvalue weighted by molar-refractivity contribution is -0.150. The van der Waals surface area contributed by atoms with Gasteiger partial charge < -0.3 is 9.47 Å². The van der Waals surface area contributed by atoms with E-state index in [0.29, 0.717) is 17.7 Å². The molecule has 0 bridgehead atoms. The van der Waals surface area contributed by atoms with Crippen molar-refractivity contribution in [2.24, 2.45) is 0 Å². The first kappa shape index (κ1) is 23.6.